The number of rotatable bonds is 3. The Morgan fingerprint density at radius 2 is 1.89 bits per heavy atom. The molecule has 18 heavy (non-hydrogen) atoms. The van der Waals surface area contributed by atoms with E-state index >= 15 is 0 Å². The second-order valence-corrected chi connectivity index (χ2v) is 4.55. The highest BCUT2D eigenvalue weighted by molar-refractivity contribution is 9.08. The molecule has 0 aliphatic carbocycles. The molecule has 0 unspecified atom stereocenters. The Morgan fingerprint density at radius 1 is 1.17 bits per heavy atom. The van der Waals surface area contributed by atoms with Gasteiger partial charge in [0, 0.05) is 5.33 Å². The van der Waals surface area contributed by atoms with Crippen LogP contribution in [0.25, 0.3) is 0 Å². The van der Waals surface area contributed by atoms with Crippen LogP contribution in [0, 0.1) is 18.3 Å². The van der Waals surface area contributed by atoms with Gasteiger partial charge in [-0.25, -0.2) is 0 Å². The Labute approximate surface area is 115 Å². The number of nitriles is 1. The number of hydrogen-bond acceptors (Lipinski definition) is 2. The van der Waals surface area contributed by atoms with Gasteiger partial charge in [-0.05, 0) is 36.8 Å². The van der Waals surface area contributed by atoms with Crippen LogP contribution in [-0.2, 0) is 5.33 Å². The first-order valence-corrected chi connectivity index (χ1v) is 6.68. The first-order chi connectivity index (χ1) is 8.72. The van der Waals surface area contributed by atoms with Gasteiger partial charge in [-0.2, -0.15) is 5.26 Å². The zero-order valence-electron chi connectivity index (χ0n) is 9.98. The van der Waals surface area contributed by atoms with Crippen LogP contribution in [0.2, 0.25) is 0 Å². The van der Waals surface area contributed by atoms with Gasteiger partial charge in [0.25, 0.3) is 0 Å². The molecular weight excluding hydrogens is 290 g/mol. The summed E-state index contributed by atoms with van der Waals surface area (Å²) in [6, 6.07) is 15.5. The van der Waals surface area contributed by atoms with E-state index in [1.54, 1.807) is 0 Å². The summed E-state index contributed by atoms with van der Waals surface area (Å²) in [7, 11) is 0. The van der Waals surface area contributed by atoms with Crippen molar-refractivity contribution in [1.82, 2.24) is 0 Å². The molecule has 0 atom stereocenters. The monoisotopic (exact) mass is 301 g/mol. The topological polar surface area (TPSA) is 33.0 Å². The molecule has 0 bridgehead atoms. The molecule has 0 saturated carbocycles. The molecule has 2 rings (SSSR count). The lowest BCUT2D eigenvalue weighted by Gasteiger charge is -2.08. The summed E-state index contributed by atoms with van der Waals surface area (Å²) in [5, 5.41) is 9.84. The lowest BCUT2D eigenvalue weighted by Crippen LogP contribution is -1.90. The predicted molar refractivity (Wildman–Crippen MR) is 75.0 cm³/mol. The maximum absolute atomic E-state index is 9.12. The van der Waals surface area contributed by atoms with E-state index in [1.807, 2.05) is 49.4 Å². The Kier molecular flexibility index (Phi) is 4.01. The second kappa shape index (κ2) is 5.70. The molecule has 90 valence electrons. The van der Waals surface area contributed by atoms with Gasteiger partial charge in [-0.3, -0.25) is 0 Å². The first-order valence-electron chi connectivity index (χ1n) is 5.56. The molecule has 2 aromatic rings. The standard InChI is InChI=1S/C15H12BrNO/c1-11-2-5-14(6-3-11)18-15-7-4-12(9-16)8-13(15)10-17/h2-8H,9H2,1H3. The summed E-state index contributed by atoms with van der Waals surface area (Å²) in [5.41, 5.74) is 2.79. The van der Waals surface area contributed by atoms with E-state index in [-0.39, 0.29) is 0 Å². The summed E-state index contributed by atoms with van der Waals surface area (Å²) in [4.78, 5) is 0. The largest absolute Gasteiger partial charge is 0.456 e. The van der Waals surface area contributed by atoms with Crippen LogP contribution in [0.4, 0.5) is 0 Å². The summed E-state index contributed by atoms with van der Waals surface area (Å²) in [6.07, 6.45) is 0. The smallest absolute Gasteiger partial charge is 0.145 e. The average Bonchev–Trinajstić information content (AvgIpc) is 2.41. The number of alkyl halides is 1. The highest BCUT2D eigenvalue weighted by Crippen LogP contribution is 2.26. The molecular formula is C15H12BrNO. The predicted octanol–water partition coefficient (Wildman–Crippen LogP) is 4.55. The van der Waals surface area contributed by atoms with Gasteiger partial charge in [-0.15, -0.1) is 0 Å². The number of nitrogens with zero attached hydrogens (tertiary/aromatic N) is 1. The van der Waals surface area contributed by atoms with Crippen molar-refractivity contribution in [2.45, 2.75) is 12.3 Å². The van der Waals surface area contributed by atoms with Crippen molar-refractivity contribution in [2.24, 2.45) is 0 Å². The van der Waals surface area contributed by atoms with Gasteiger partial charge in [0.05, 0.1) is 5.56 Å². The number of aryl methyl sites for hydroxylation is 1. The molecule has 0 aliphatic heterocycles. The molecule has 2 nitrogen and oxygen atoms in total. The molecule has 0 aliphatic rings. The molecule has 0 amide bonds. The normalized spacial score (nSPS) is 9.83. The fourth-order valence-electron chi connectivity index (χ4n) is 1.57. The van der Waals surface area contributed by atoms with Gasteiger partial charge < -0.3 is 4.74 Å². The van der Waals surface area contributed by atoms with Crippen molar-refractivity contribution in [2.75, 3.05) is 0 Å². The van der Waals surface area contributed by atoms with E-state index in [9.17, 15) is 0 Å². The maximum Gasteiger partial charge on any atom is 0.145 e. The third-order valence-corrected chi connectivity index (χ3v) is 3.22. The van der Waals surface area contributed by atoms with Crippen LogP contribution in [-0.4, -0.2) is 0 Å². The average molecular weight is 302 g/mol. The Bertz CT molecular complexity index is 584. The van der Waals surface area contributed by atoms with E-state index in [0.717, 1.165) is 16.6 Å². The van der Waals surface area contributed by atoms with Crippen LogP contribution in [0.5, 0.6) is 11.5 Å². The Balaban J connectivity index is 2.29. The molecule has 0 spiro atoms. The highest BCUT2D eigenvalue weighted by atomic mass is 79.9. The van der Waals surface area contributed by atoms with E-state index in [0.29, 0.717) is 11.3 Å². The minimum atomic E-state index is 0.549. The third kappa shape index (κ3) is 2.91. The third-order valence-electron chi connectivity index (χ3n) is 2.57. The number of ether oxygens (including phenoxy) is 1. The molecule has 0 N–H and O–H groups in total. The lowest BCUT2D eigenvalue weighted by molar-refractivity contribution is 0.481. The van der Waals surface area contributed by atoms with Crippen LogP contribution in [0.3, 0.4) is 0 Å². The van der Waals surface area contributed by atoms with Crippen molar-refractivity contribution in [3.63, 3.8) is 0 Å². The number of halogens is 1. The van der Waals surface area contributed by atoms with E-state index in [1.165, 1.54) is 5.56 Å². The number of hydrogen-bond donors (Lipinski definition) is 0. The van der Waals surface area contributed by atoms with Crippen molar-refractivity contribution in [1.29, 1.82) is 5.26 Å². The van der Waals surface area contributed by atoms with Crippen molar-refractivity contribution in [3.05, 3.63) is 59.2 Å². The van der Waals surface area contributed by atoms with E-state index in [4.69, 9.17) is 10.00 Å². The van der Waals surface area contributed by atoms with Crippen molar-refractivity contribution in [3.8, 4) is 17.6 Å². The maximum atomic E-state index is 9.12. The van der Waals surface area contributed by atoms with E-state index in [2.05, 4.69) is 22.0 Å². The summed E-state index contributed by atoms with van der Waals surface area (Å²) in [6.45, 7) is 2.02. The minimum absolute atomic E-state index is 0.549. The quantitative estimate of drug-likeness (QED) is 0.779. The molecule has 0 fully saturated rings. The first kappa shape index (κ1) is 12.7. The molecule has 0 radical (unpaired) electrons. The van der Waals surface area contributed by atoms with Gasteiger partial charge in [0.1, 0.15) is 17.6 Å². The van der Waals surface area contributed by atoms with Gasteiger partial charge in [-0.1, -0.05) is 39.7 Å². The van der Waals surface area contributed by atoms with E-state index < -0.39 is 0 Å². The van der Waals surface area contributed by atoms with Gasteiger partial charge >= 0.3 is 0 Å². The zero-order valence-corrected chi connectivity index (χ0v) is 11.6. The molecule has 3 heteroatoms. The summed E-state index contributed by atoms with van der Waals surface area (Å²) >= 11 is 3.37. The second-order valence-electron chi connectivity index (χ2n) is 3.99. The van der Waals surface area contributed by atoms with Crippen LogP contribution >= 0.6 is 15.9 Å². The Morgan fingerprint density at radius 3 is 2.50 bits per heavy atom. The molecule has 0 heterocycles. The SMILES string of the molecule is Cc1ccc(Oc2ccc(CBr)cc2C#N)cc1. The summed E-state index contributed by atoms with van der Waals surface area (Å²) in [5.74, 6) is 1.33. The number of benzene rings is 2. The van der Waals surface area contributed by atoms with Crippen LogP contribution in [0.1, 0.15) is 16.7 Å². The minimum Gasteiger partial charge on any atom is -0.456 e. The molecule has 0 aromatic heterocycles. The van der Waals surface area contributed by atoms with Gasteiger partial charge in [0.15, 0.2) is 0 Å². The van der Waals surface area contributed by atoms with Crippen molar-refractivity contribution < 1.29 is 4.74 Å². The zero-order chi connectivity index (χ0) is 13.0. The Hall–Kier alpha value is -1.79. The fourth-order valence-corrected chi connectivity index (χ4v) is 1.92. The van der Waals surface area contributed by atoms with Crippen molar-refractivity contribution >= 4 is 15.9 Å². The van der Waals surface area contributed by atoms with Crippen LogP contribution < -0.4 is 4.74 Å². The lowest BCUT2D eigenvalue weighted by atomic mass is 10.1. The highest BCUT2D eigenvalue weighted by Gasteiger charge is 2.05. The summed E-state index contributed by atoms with van der Waals surface area (Å²) < 4.78 is 5.72. The fraction of sp³-hybridized carbons (Fsp3) is 0.133. The molecule has 0 saturated heterocycles. The van der Waals surface area contributed by atoms with Crippen LogP contribution in [0.15, 0.2) is 42.5 Å². The molecule has 2 aromatic carbocycles. The van der Waals surface area contributed by atoms with Gasteiger partial charge in [0.2, 0.25) is 0 Å².